The van der Waals surface area contributed by atoms with E-state index in [4.69, 9.17) is 5.73 Å². The largest absolute Gasteiger partial charge is 0.398 e. The fourth-order valence-corrected chi connectivity index (χ4v) is 1.38. The third kappa shape index (κ3) is 3.20. The summed E-state index contributed by atoms with van der Waals surface area (Å²) in [7, 11) is 1.91. The predicted octanol–water partition coefficient (Wildman–Crippen LogP) is 2.26. The van der Waals surface area contributed by atoms with Crippen molar-refractivity contribution in [3.63, 3.8) is 0 Å². The topological polar surface area (TPSA) is 38.0 Å². The minimum absolute atomic E-state index is 0.793. The summed E-state index contributed by atoms with van der Waals surface area (Å²) in [4.78, 5) is 0. The zero-order chi connectivity index (χ0) is 9.68. The van der Waals surface area contributed by atoms with Gasteiger partial charge >= 0.3 is 0 Å². The third-order valence-electron chi connectivity index (χ3n) is 1.67. The van der Waals surface area contributed by atoms with Crippen LogP contribution in [0.1, 0.15) is 5.56 Å². The molecule has 1 aromatic rings. The molecule has 0 amide bonds. The van der Waals surface area contributed by atoms with Crippen LogP contribution in [0.2, 0.25) is 0 Å². The fraction of sp³-hybridized carbons (Fsp3) is 0.200. The molecule has 3 heteroatoms. The van der Waals surface area contributed by atoms with Gasteiger partial charge in [-0.15, -0.1) is 0 Å². The Hall–Kier alpha value is -0.800. The van der Waals surface area contributed by atoms with Crippen LogP contribution in [-0.2, 0) is 0 Å². The summed E-state index contributed by atoms with van der Waals surface area (Å²) in [6.07, 6.45) is 4.05. The number of hydrogen-bond donors (Lipinski definition) is 2. The molecule has 0 heterocycles. The molecule has 1 aromatic carbocycles. The molecule has 0 saturated carbocycles. The van der Waals surface area contributed by atoms with Crippen LogP contribution in [-0.4, -0.2) is 13.6 Å². The van der Waals surface area contributed by atoms with Crippen molar-refractivity contribution in [3.8, 4) is 0 Å². The summed E-state index contributed by atoms with van der Waals surface area (Å²) < 4.78 is 1.01. The van der Waals surface area contributed by atoms with Gasteiger partial charge in [-0.3, -0.25) is 0 Å². The predicted molar refractivity (Wildman–Crippen MR) is 61.5 cm³/mol. The summed E-state index contributed by atoms with van der Waals surface area (Å²) in [5.41, 5.74) is 7.65. The molecule has 1 rings (SSSR count). The number of hydrogen-bond acceptors (Lipinski definition) is 2. The number of rotatable bonds is 3. The maximum atomic E-state index is 5.80. The van der Waals surface area contributed by atoms with Gasteiger partial charge in [0.25, 0.3) is 0 Å². The van der Waals surface area contributed by atoms with E-state index in [0.29, 0.717) is 0 Å². The Labute approximate surface area is 87.0 Å². The molecule has 0 unspecified atom stereocenters. The number of anilines is 1. The fourth-order valence-electron chi connectivity index (χ4n) is 1.00. The Morgan fingerprint density at radius 2 is 2.31 bits per heavy atom. The van der Waals surface area contributed by atoms with Gasteiger partial charge in [0.05, 0.1) is 0 Å². The minimum atomic E-state index is 0.793. The quantitative estimate of drug-likeness (QED) is 0.796. The molecule has 0 fully saturated rings. The average Bonchev–Trinajstić information content (AvgIpc) is 2.09. The van der Waals surface area contributed by atoms with Crippen LogP contribution >= 0.6 is 15.9 Å². The van der Waals surface area contributed by atoms with Crippen LogP contribution in [0.4, 0.5) is 5.69 Å². The first-order valence-corrected chi connectivity index (χ1v) is 4.89. The van der Waals surface area contributed by atoms with E-state index >= 15 is 0 Å². The van der Waals surface area contributed by atoms with E-state index in [2.05, 4.69) is 21.2 Å². The number of nitrogens with two attached hydrogens (primary N) is 1. The smallest absolute Gasteiger partial charge is 0.0398 e. The molecule has 0 atom stereocenters. The lowest BCUT2D eigenvalue weighted by Crippen LogP contribution is -2.03. The summed E-state index contributed by atoms with van der Waals surface area (Å²) in [5, 5.41) is 3.03. The first-order valence-electron chi connectivity index (χ1n) is 4.10. The van der Waals surface area contributed by atoms with Gasteiger partial charge in [-0.25, -0.2) is 0 Å². The molecule has 0 bridgehead atoms. The Morgan fingerprint density at radius 3 is 2.92 bits per heavy atom. The molecular formula is C10H13BrN2. The Bertz CT molecular complexity index is 308. The standard InChI is InChI=1S/C10H13BrN2/c1-13-6-2-3-8-4-5-9(11)7-10(8)12/h2-5,7,13H,6,12H2,1H3. The highest BCUT2D eigenvalue weighted by molar-refractivity contribution is 9.10. The lowest BCUT2D eigenvalue weighted by atomic mass is 10.2. The Balaban J connectivity index is 2.77. The maximum Gasteiger partial charge on any atom is 0.0398 e. The molecule has 0 aliphatic rings. The third-order valence-corrected chi connectivity index (χ3v) is 2.16. The van der Waals surface area contributed by atoms with Crippen LogP contribution < -0.4 is 11.1 Å². The SMILES string of the molecule is CNCC=Cc1ccc(Br)cc1N. The van der Waals surface area contributed by atoms with Gasteiger partial charge < -0.3 is 11.1 Å². The van der Waals surface area contributed by atoms with E-state index < -0.39 is 0 Å². The van der Waals surface area contributed by atoms with Crippen LogP contribution in [0.25, 0.3) is 6.08 Å². The lowest BCUT2D eigenvalue weighted by Gasteiger charge is -2.00. The minimum Gasteiger partial charge on any atom is -0.398 e. The number of halogens is 1. The van der Waals surface area contributed by atoms with Crippen LogP contribution in [0.15, 0.2) is 28.7 Å². The molecule has 70 valence electrons. The van der Waals surface area contributed by atoms with Gasteiger partial charge in [-0.1, -0.05) is 34.1 Å². The molecule has 0 saturated heterocycles. The monoisotopic (exact) mass is 240 g/mol. The Morgan fingerprint density at radius 1 is 1.54 bits per heavy atom. The molecular weight excluding hydrogens is 228 g/mol. The number of benzene rings is 1. The van der Waals surface area contributed by atoms with Gasteiger partial charge in [0.1, 0.15) is 0 Å². The average molecular weight is 241 g/mol. The van der Waals surface area contributed by atoms with Crippen molar-refractivity contribution in [2.24, 2.45) is 0 Å². The van der Waals surface area contributed by atoms with Gasteiger partial charge in [0, 0.05) is 16.7 Å². The van der Waals surface area contributed by atoms with E-state index in [1.165, 1.54) is 0 Å². The van der Waals surface area contributed by atoms with E-state index in [1.807, 2.05) is 37.4 Å². The number of nitrogens with one attached hydrogen (secondary N) is 1. The summed E-state index contributed by atoms with van der Waals surface area (Å²) in [5.74, 6) is 0. The Kier molecular flexibility index (Phi) is 3.99. The molecule has 13 heavy (non-hydrogen) atoms. The van der Waals surface area contributed by atoms with E-state index in [1.54, 1.807) is 0 Å². The van der Waals surface area contributed by atoms with Crippen LogP contribution in [0.3, 0.4) is 0 Å². The van der Waals surface area contributed by atoms with Gasteiger partial charge in [-0.05, 0) is 24.7 Å². The first-order chi connectivity index (χ1) is 6.24. The number of likely N-dealkylation sites (N-methyl/N-ethyl adjacent to an activating group) is 1. The van der Waals surface area contributed by atoms with Crippen molar-refractivity contribution >= 4 is 27.7 Å². The van der Waals surface area contributed by atoms with Crippen molar-refractivity contribution < 1.29 is 0 Å². The summed E-state index contributed by atoms with van der Waals surface area (Å²) >= 11 is 3.36. The highest BCUT2D eigenvalue weighted by Crippen LogP contribution is 2.19. The van der Waals surface area contributed by atoms with E-state index in [0.717, 1.165) is 22.3 Å². The molecule has 0 aromatic heterocycles. The summed E-state index contributed by atoms with van der Waals surface area (Å²) in [6, 6.07) is 5.88. The molecule has 0 aliphatic heterocycles. The normalized spacial score (nSPS) is 10.9. The summed E-state index contributed by atoms with van der Waals surface area (Å²) in [6.45, 7) is 0.857. The molecule has 2 nitrogen and oxygen atoms in total. The van der Waals surface area contributed by atoms with E-state index in [-0.39, 0.29) is 0 Å². The maximum absolute atomic E-state index is 5.80. The van der Waals surface area contributed by atoms with Crippen molar-refractivity contribution in [3.05, 3.63) is 34.3 Å². The highest BCUT2D eigenvalue weighted by atomic mass is 79.9. The highest BCUT2D eigenvalue weighted by Gasteiger charge is 1.94. The lowest BCUT2D eigenvalue weighted by molar-refractivity contribution is 0.922. The molecule has 0 aliphatic carbocycles. The van der Waals surface area contributed by atoms with Gasteiger partial charge in [0.2, 0.25) is 0 Å². The van der Waals surface area contributed by atoms with Crippen molar-refractivity contribution in [2.75, 3.05) is 19.3 Å². The van der Waals surface area contributed by atoms with Crippen molar-refractivity contribution in [1.29, 1.82) is 0 Å². The second-order valence-corrected chi connectivity index (χ2v) is 3.65. The molecule has 0 radical (unpaired) electrons. The second kappa shape index (κ2) is 5.04. The second-order valence-electron chi connectivity index (χ2n) is 2.73. The zero-order valence-corrected chi connectivity index (χ0v) is 9.14. The molecule has 3 N–H and O–H groups in total. The van der Waals surface area contributed by atoms with Crippen molar-refractivity contribution in [2.45, 2.75) is 0 Å². The van der Waals surface area contributed by atoms with Crippen molar-refractivity contribution in [1.82, 2.24) is 5.32 Å². The van der Waals surface area contributed by atoms with Gasteiger partial charge in [-0.2, -0.15) is 0 Å². The van der Waals surface area contributed by atoms with E-state index in [9.17, 15) is 0 Å². The van der Waals surface area contributed by atoms with Crippen LogP contribution in [0.5, 0.6) is 0 Å². The number of nitrogen functional groups attached to an aromatic ring is 1. The van der Waals surface area contributed by atoms with Gasteiger partial charge in [0.15, 0.2) is 0 Å². The zero-order valence-electron chi connectivity index (χ0n) is 7.55. The molecule has 0 spiro atoms. The first kappa shape index (κ1) is 10.3. The van der Waals surface area contributed by atoms with Crippen LogP contribution in [0, 0.1) is 0 Å².